The maximum Gasteiger partial charge on any atom is 2.00 e. The summed E-state index contributed by atoms with van der Waals surface area (Å²) < 4.78 is 0. The van der Waals surface area contributed by atoms with Gasteiger partial charge < -0.3 is 29.2 Å². The molecule has 3 nitrogen and oxygen atoms in total. The van der Waals surface area contributed by atoms with Gasteiger partial charge in [0.1, 0.15) is 0 Å². The molecule has 0 bridgehead atoms. The van der Waals surface area contributed by atoms with Crippen LogP contribution in [0.4, 0.5) is 0 Å². The summed E-state index contributed by atoms with van der Waals surface area (Å²) in [6.45, 7) is 4.56. The van der Waals surface area contributed by atoms with Gasteiger partial charge in [-0.15, -0.1) is 12.4 Å². The van der Waals surface area contributed by atoms with Crippen molar-refractivity contribution in [3.63, 3.8) is 0 Å². The first kappa shape index (κ1) is 22.5. The Morgan fingerprint density at radius 2 is 1.00 bits per heavy atom. The van der Waals surface area contributed by atoms with E-state index < -0.39 is 0 Å². The monoisotopic (exact) mass is 369 g/mol. The topological polar surface area (TPSA) is 59.1 Å². The van der Waals surface area contributed by atoms with Gasteiger partial charge in [-0.1, -0.05) is 0 Å². The Labute approximate surface area is 88.8 Å². The summed E-state index contributed by atoms with van der Waals surface area (Å²) in [6.07, 6.45) is 0. The quantitative estimate of drug-likeness (QED) is 0.420. The van der Waals surface area contributed by atoms with Crippen LogP contribution < -0.4 is 29.2 Å². The minimum Gasteiger partial charge on any atom is -1.00 e. The molecule has 0 aromatic carbocycles. The van der Waals surface area contributed by atoms with Crippen LogP contribution in [0.2, 0.25) is 0 Å². The van der Waals surface area contributed by atoms with Gasteiger partial charge in [-0.25, -0.2) is 0 Å². The zero-order valence-corrected chi connectivity index (χ0v) is 9.48. The third-order valence-electron chi connectivity index (χ3n) is 0.957. The molecule has 1 saturated heterocycles. The van der Waals surface area contributed by atoms with Gasteiger partial charge >= 0.3 is 21.1 Å². The van der Waals surface area contributed by atoms with Gasteiger partial charge in [0.2, 0.25) is 0 Å². The van der Waals surface area contributed by atoms with E-state index in [1.807, 2.05) is 0 Å². The Kier molecular flexibility index (Phi) is 37.3. The van der Waals surface area contributed by atoms with Crippen molar-refractivity contribution in [2.75, 3.05) is 26.2 Å². The van der Waals surface area contributed by atoms with Gasteiger partial charge in [-0.05, 0) is 0 Å². The van der Waals surface area contributed by atoms with Crippen LogP contribution in [-0.2, 0) is 21.1 Å². The summed E-state index contributed by atoms with van der Waals surface area (Å²) in [7, 11) is 0. The zero-order chi connectivity index (χ0) is 4.24. The third kappa shape index (κ3) is 11.9. The van der Waals surface area contributed by atoms with Crippen molar-refractivity contribution in [1.29, 1.82) is 0 Å². The van der Waals surface area contributed by atoms with E-state index in [4.69, 9.17) is 0 Å². The molecule has 0 saturated carbocycles. The van der Waals surface area contributed by atoms with E-state index in [1.165, 1.54) is 0 Å². The van der Waals surface area contributed by atoms with Crippen LogP contribution in [0.5, 0.6) is 0 Å². The molecule has 68 valence electrons. The van der Waals surface area contributed by atoms with Gasteiger partial charge in [-0.2, -0.15) is 0 Å². The number of piperazine rings is 1. The molecule has 5 N–H and O–H groups in total. The Hall–Kier alpha value is 1.15. The summed E-state index contributed by atoms with van der Waals surface area (Å²) in [6, 6.07) is 0. The van der Waals surface area contributed by atoms with Crippen LogP contribution >= 0.6 is 12.4 Å². The molecule has 0 atom stereocenters. The standard InChI is InChI=1S/C4H10N2.2ClH.H3N.Pt/c1-2-6-4-3-5-1;;;;/h5-6H,1-4H2;2*1H;1H3;/q;;;;+2/p-1. The van der Waals surface area contributed by atoms with Crippen molar-refractivity contribution in [3.05, 3.63) is 0 Å². The van der Waals surface area contributed by atoms with Crippen molar-refractivity contribution >= 4 is 12.4 Å². The molecule has 0 unspecified atom stereocenters. The molecule has 0 aliphatic carbocycles. The summed E-state index contributed by atoms with van der Waals surface area (Å²) in [5.41, 5.74) is 0. The summed E-state index contributed by atoms with van der Waals surface area (Å²) in [5.74, 6) is 0. The van der Waals surface area contributed by atoms with Gasteiger partial charge in [0.15, 0.2) is 0 Å². The van der Waals surface area contributed by atoms with Crippen LogP contribution in [0.3, 0.4) is 0 Å². The fraction of sp³-hybridized carbons (Fsp3) is 1.00. The Morgan fingerprint density at radius 1 is 0.800 bits per heavy atom. The van der Waals surface area contributed by atoms with Crippen LogP contribution in [0, 0.1) is 0 Å². The van der Waals surface area contributed by atoms with Crippen LogP contribution in [0.15, 0.2) is 0 Å². The number of hydrogen-bond acceptors (Lipinski definition) is 3. The number of nitrogens with one attached hydrogen (secondary N) is 2. The first-order chi connectivity index (χ1) is 3.00. The maximum absolute atomic E-state index is 3.22. The SMILES string of the molecule is C1CNCCN1.Cl.N.[Cl-].[Pt+2]. The molecule has 0 aromatic rings. The van der Waals surface area contributed by atoms with Crippen molar-refractivity contribution in [1.82, 2.24) is 16.8 Å². The van der Waals surface area contributed by atoms with Crippen molar-refractivity contribution in [3.8, 4) is 0 Å². The zero-order valence-electron chi connectivity index (χ0n) is 5.64. The molecule has 1 rings (SSSR count). The van der Waals surface area contributed by atoms with E-state index in [0.29, 0.717) is 0 Å². The number of halogens is 2. The van der Waals surface area contributed by atoms with Crippen molar-refractivity contribution in [2.24, 2.45) is 0 Å². The van der Waals surface area contributed by atoms with Crippen LogP contribution in [-0.4, -0.2) is 26.2 Å². The summed E-state index contributed by atoms with van der Waals surface area (Å²) in [5, 5.41) is 6.44. The average molecular weight is 370 g/mol. The molecule has 0 radical (unpaired) electrons. The number of rotatable bonds is 0. The van der Waals surface area contributed by atoms with Crippen LogP contribution in [0.25, 0.3) is 0 Å². The smallest absolute Gasteiger partial charge is 1.00 e. The second-order valence-electron chi connectivity index (χ2n) is 1.50. The summed E-state index contributed by atoms with van der Waals surface area (Å²) in [4.78, 5) is 0. The van der Waals surface area contributed by atoms with Crippen molar-refractivity contribution < 1.29 is 33.5 Å². The predicted octanol–water partition coefficient (Wildman–Crippen LogP) is -3.24. The molecule has 0 amide bonds. The van der Waals surface area contributed by atoms with Gasteiger partial charge in [0.25, 0.3) is 0 Å². The molecule has 6 heteroatoms. The normalized spacial score (nSPS) is 14.4. The second kappa shape index (κ2) is 16.6. The van der Waals surface area contributed by atoms with E-state index in [1.54, 1.807) is 0 Å². The fourth-order valence-corrected chi connectivity index (χ4v) is 0.604. The van der Waals surface area contributed by atoms with E-state index in [0.717, 1.165) is 26.2 Å². The van der Waals surface area contributed by atoms with E-state index in [2.05, 4.69) is 10.6 Å². The average Bonchev–Trinajstić information content (AvgIpc) is 1.72. The van der Waals surface area contributed by atoms with Crippen LogP contribution in [0.1, 0.15) is 0 Å². The first-order valence-electron chi connectivity index (χ1n) is 2.41. The second-order valence-corrected chi connectivity index (χ2v) is 1.50. The summed E-state index contributed by atoms with van der Waals surface area (Å²) >= 11 is 0. The molecule has 0 aromatic heterocycles. The Balaban J connectivity index is -0.0000000450. The molecule has 1 heterocycles. The third-order valence-corrected chi connectivity index (χ3v) is 0.957. The first-order valence-corrected chi connectivity index (χ1v) is 2.41. The van der Waals surface area contributed by atoms with Gasteiger partial charge in [0, 0.05) is 26.2 Å². The molecular formula is C4H14Cl2N3Pt+. The molecule has 1 aliphatic heterocycles. The largest absolute Gasteiger partial charge is 2.00 e. The Bertz CT molecular complexity index is 34.0. The molecule has 1 aliphatic rings. The number of hydrogen-bond donors (Lipinski definition) is 3. The molecule has 10 heavy (non-hydrogen) atoms. The van der Waals surface area contributed by atoms with Gasteiger partial charge in [-0.3, -0.25) is 0 Å². The fourth-order valence-electron chi connectivity index (χ4n) is 0.604. The molecule has 0 spiro atoms. The minimum atomic E-state index is 0. The molecule has 1 fully saturated rings. The van der Waals surface area contributed by atoms with E-state index in [-0.39, 0.29) is 52.0 Å². The Morgan fingerprint density at radius 3 is 1.10 bits per heavy atom. The molecular weight excluding hydrogens is 356 g/mol. The maximum atomic E-state index is 3.22. The predicted molar refractivity (Wildman–Crippen MR) is 38.0 cm³/mol. The van der Waals surface area contributed by atoms with Crippen molar-refractivity contribution in [2.45, 2.75) is 0 Å². The van der Waals surface area contributed by atoms with E-state index in [9.17, 15) is 0 Å². The minimum absolute atomic E-state index is 0. The van der Waals surface area contributed by atoms with Gasteiger partial charge in [0.05, 0.1) is 0 Å². The van der Waals surface area contributed by atoms with E-state index >= 15 is 0 Å².